The molecule has 0 aliphatic carbocycles. The summed E-state index contributed by atoms with van der Waals surface area (Å²) in [6.07, 6.45) is 2.46. The minimum absolute atomic E-state index is 0.0787. The van der Waals surface area contributed by atoms with Crippen LogP contribution in [0.1, 0.15) is 18.4 Å². The maximum atomic E-state index is 11.7. The zero-order valence-corrected chi connectivity index (χ0v) is 10.8. The van der Waals surface area contributed by atoms with E-state index in [1.807, 2.05) is 6.07 Å². The number of ether oxygens (including phenoxy) is 1. The van der Waals surface area contributed by atoms with Gasteiger partial charge in [0.15, 0.2) is 0 Å². The Hall–Kier alpha value is -2.69. The molecule has 0 spiro atoms. The highest BCUT2D eigenvalue weighted by Crippen LogP contribution is 2.29. The van der Waals surface area contributed by atoms with E-state index in [1.165, 1.54) is 7.11 Å². The number of aromatic nitrogens is 1. The molecule has 8 heteroatoms. The Bertz CT molecular complexity index is 596. The summed E-state index contributed by atoms with van der Waals surface area (Å²) in [5.74, 6) is -0.113. The number of nitriles is 1. The van der Waals surface area contributed by atoms with E-state index < -0.39 is 16.9 Å². The summed E-state index contributed by atoms with van der Waals surface area (Å²) in [6, 6.07) is 2.55. The molecule has 1 unspecified atom stereocenters. The van der Waals surface area contributed by atoms with Crippen molar-refractivity contribution in [3.8, 4) is 6.07 Å². The van der Waals surface area contributed by atoms with E-state index in [2.05, 4.69) is 4.98 Å². The quantitative estimate of drug-likeness (QED) is 0.460. The van der Waals surface area contributed by atoms with E-state index in [9.17, 15) is 14.9 Å². The highest BCUT2D eigenvalue weighted by atomic mass is 16.6. The maximum absolute atomic E-state index is 11.7. The largest absolute Gasteiger partial charge is 0.467 e. The Balaban J connectivity index is 2.39. The molecule has 0 aromatic carbocycles. The molecule has 0 radical (unpaired) electrons. The van der Waals surface area contributed by atoms with E-state index in [-0.39, 0.29) is 17.1 Å². The summed E-state index contributed by atoms with van der Waals surface area (Å²) in [5.41, 5.74) is -0.172. The maximum Gasteiger partial charge on any atom is 0.328 e. The van der Waals surface area contributed by atoms with E-state index >= 15 is 0 Å². The number of pyridine rings is 1. The van der Waals surface area contributed by atoms with Crippen molar-refractivity contribution >= 4 is 17.5 Å². The fourth-order valence-corrected chi connectivity index (χ4v) is 2.26. The van der Waals surface area contributed by atoms with Crippen molar-refractivity contribution in [1.82, 2.24) is 4.98 Å². The van der Waals surface area contributed by atoms with Crippen molar-refractivity contribution in [2.45, 2.75) is 18.9 Å². The Morgan fingerprint density at radius 3 is 3.05 bits per heavy atom. The number of esters is 1. The molecule has 0 bridgehead atoms. The molecule has 0 N–H and O–H groups in total. The van der Waals surface area contributed by atoms with Crippen LogP contribution in [0.25, 0.3) is 0 Å². The molecule has 0 saturated carbocycles. The molecule has 1 atom stereocenters. The SMILES string of the molecule is COC(=O)C1CCCN1c1ncc([N+](=O)[O-])cc1C#N. The van der Waals surface area contributed by atoms with Crippen LogP contribution < -0.4 is 4.90 Å². The Labute approximate surface area is 114 Å². The lowest BCUT2D eigenvalue weighted by Gasteiger charge is -2.24. The molecule has 2 rings (SSSR count). The molecule has 20 heavy (non-hydrogen) atoms. The van der Waals surface area contributed by atoms with E-state index in [0.717, 1.165) is 18.7 Å². The zero-order valence-electron chi connectivity index (χ0n) is 10.8. The van der Waals surface area contributed by atoms with Gasteiger partial charge in [-0.05, 0) is 12.8 Å². The average molecular weight is 276 g/mol. The Kier molecular flexibility index (Phi) is 3.79. The molecule has 104 valence electrons. The topological polar surface area (TPSA) is 109 Å². The second-order valence-corrected chi connectivity index (χ2v) is 4.31. The molecule has 1 aromatic rings. The summed E-state index contributed by atoms with van der Waals surface area (Å²) < 4.78 is 4.72. The van der Waals surface area contributed by atoms with Crippen LogP contribution in [0.2, 0.25) is 0 Å². The van der Waals surface area contributed by atoms with Gasteiger partial charge in [0.1, 0.15) is 29.7 Å². The molecular weight excluding hydrogens is 264 g/mol. The van der Waals surface area contributed by atoms with Gasteiger partial charge in [-0.3, -0.25) is 10.1 Å². The highest BCUT2D eigenvalue weighted by Gasteiger charge is 2.34. The third-order valence-electron chi connectivity index (χ3n) is 3.18. The number of methoxy groups -OCH3 is 1. The van der Waals surface area contributed by atoms with Crippen LogP contribution in [0.3, 0.4) is 0 Å². The summed E-state index contributed by atoms with van der Waals surface area (Å²) >= 11 is 0. The fraction of sp³-hybridized carbons (Fsp3) is 0.417. The molecular formula is C12H12N4O4. The molecule has 1 aliphatic rings. The molecule has 2 heterocycles. The summed E-state index contributed by atoms with van der Waals surface area (Å²) in [7, 11) is 1.30. The van der Waals surface area contributed by atoms with Crippen molar-refractivity contribution in [3.05, 3.63) is 27.9 Å². The van der Waals surface area contributed by atoms with Gasteiger partial charge in [0.05, 0.1) is 12.0 Å². The number of hydrogen-bond donors (Lipinski definition) is 0. The molecule has 0 amide bonds. The van der Waals surface area contributed by atoms with Crippen LogP contribution in [-0.2, 0) is 9.53 Å². The lowest BCUT2D eigenvalue weighted by Crippen LogP contribution is -2.37. The number of hydrogen-bond acceptors (Lipinski definition) is 7. The predicted octanol–water partition coefficient (Wildman–Crippen LogP) is 1.00. The molecule has 1 fully saturated rings. The van der Waals surface area contributed by atoms with Gasteiger partial charge in [0.2, 0.25) is 0 Å². The number of carbonyl (C=O) groups is 1. The number of rotatable bonds is 3. The van der Waals surface area contributed by atoms with Crippen LogP contribution in [0, 0.1) is 21.4 Å². The number of nitro groups is 1. The monoisotopic (exact) mass is 276 g/mol. The first-order valence-electron chi connectivity index (χ1n) is 5.97. The van der Waals surface area contributed by atoms with Crippen LogP contribution in [-0.4, -0.2) is 35.6 Å². The van der Waals surface area contributed by atoms with Crippen molar-refractivity contribution in [3.63, 3.8) is 0 Å². The van der Waals surface area contributed by atoms with Gasteiger partial charge in [0, 0.05) is 12.6 Å². The molecule has 1 aromatic heterocycles. The van der Waals surface area contributed by atoms with Gasteiger partial charge in [-0.25, -0.2) is 9.78 Å². The fourth-order valence-electron chi connectivity index (χ4n) is 2.26. The van der Waals surface area contributed by atoms with Gasteiger partial charge in [-0.2, -0.15) is 5.26 Å². The first-order valence-corrected chi connectivity index (χ1v) is 5.97. The van der Waals surface area contributed by atoms with E-state index in [0.29, 0.717) is 13.0 Å². The zero-order chi connectivity index (χ0) is 14.7. The van der Waals surface area contributed by atoms with Crippen molar-refractivity contribution in [2.75, 3.05) is 18.6 Å². The lowest BCUT2D eigenvalue weighted by molar-refractivity contribution is -0.385. The summed E-state index contributed by atoms with van der Waals surface area (Å²) in [5, 5.41) is 19.8. The normalized spacial score (nSPS) is 17.6. The number of carbonyl (C=O) groups excluding carboxylic acids is 1. The van der Waals surface area contributed by atoms with Gasteiger partial charge in [-0.15, -0.1) is 0 Å². The second-order valence-electron chi connectivity index (χ2n) is 4.31. The first kappa shape index (κ1) is 13.7. The van der Waals surface area contributed by atoms with E-state index in [1.54, 1.807) is 4.90 Å². The van der Waals surface area contributed by atoms with Crippen LogP contribution in [0.15, 0.2) is 12.3 Å². The van der Waals surface area contributed by atoms with Gasteiger partial charge in [0.25, 0.3) is 5.69 Å². The van der Waals surface area contributed by atoms with E-state index in [4.69, 9.17) is 10.00 Å². The standard InChI is InChI=1S/C12H12N4O4/c1-20-12(17)10-3-2-4-15(10)11-8(6-13)5-9(7-14-11)16(18)19/h5,7,10H,2-4H2,1H3. The number of nitrogens with zero attached hydrogens (tertiary/aromatic N) is 4. The molecule has 1 aliphatic heterocycles. The van der Waals surface area contributed by atoms with Gasteiger partial charge >= 0.3 is 5.97 Å². The van der Waals surface area contributed by atoms with Crippen LogP contribution in [0.5, 0.6) is 0 Å². The third-order valence-corrected chi connectivity index (χ3v) is 3.18. The Morgan fingerprint density at radius 2 is 2.45 bits per heavy atom. The van der Waals surface area contributed by atoms with Gasteiger partial charge < -0.3 is 9.64 Å². The van der Waals surface area contributed by atoms with Crippen molar-refractivity contribution in [1.29, 1.82) is 5.26 Å². The highest BCUT2D eigenvalue weighted by molar-refractivity contribution is 5.81. The van der Waals surface area contributed by atoms with Crippen molar-refractivity contribution < 1.29 is 14.5 Å². The Morgan fingerprint density at radius 1 is 1.70 bits per heavy atom. The first-order chi connectivity index (χ1) is 9.58. The minimum Gasteiger partial charge on any atom is -0.467 e. The summed E-state index contributed by atoms with van der Waals surface area (Å²) in [4.78, 5) is 27.4. The average Bonchev–Trinajstić information content (AvgIpc) is 2.94. The second kappa shape index (κ2) is 5.52. The lowest BCUT2D eigenvalue weighted by atomic mass is 10.2. The van der Waals surface area contributed by atoms with Gasteiger partial charge in [-0.1, -0.05) is 0 Å². The minimum atomic E-state index is -0.612. The predicted molar refractivity (Wildman–Crippen MR) is 68.0 cm³/mol. The molecule has 8 nitrogen and oxygen atoms in total. The van der Waals surface area contributed by atoms with Crippen LogP contribution in [0.4, 0.5) is 11.5 Å². The molecule has 1 saturated heterocycles. The smallest absolute Gasteiger partial charge is 0.328 e. The number of anilines is 1. The van der Waals surface area contributed by atoms with Crippen LogP contribution >= 0.6 is 0 Å². The summed E-state index contributed by atoms with van der Waals surface area (Å²) in [6.45, 7) is 0.555. The van der Waals surface area contributed by atoms with Crippen molar-refractivity contribution in [2.24, 2.45) is 0 Å². The third kappa shape index (κ3) is 2.38.